The van der Waals surface area contributed by atoms with Crippen LogP contribution in [0.25, 0.3) is 0 Å². The maximum atomic E-state index is 5.80. The zero-order chi connectivity index (χ0) is 13.2. The molecule has 3 nitrogen and oxygen atoms in total. The van der Waals surface area contributed by atoms with Crippen molar-refractivity contribution in [3.63, 3.8) is 0 Å². The van der Waals surface area contributed by atoms with Gasteiger partial charge in [0, 0.05) is 6.42 Å². The molecular formula is C15H31N2O+. The lowest BCUT2D eigenvalue weighted by molar-refractivity contribution is -0.560. The molecule has 3 heteroatoms. The molecule has 1 aliphatic rings. The summed E-state index contributed by atoms with van der Waals surface area (Å²) in [7, 11) is 0. The van der Waals surface area contributed by atoms with Crippen LogP contribution in [0, 0.1) is 0 Å². The summed E-state index contributed by atoms with van der Waals surface area (Å²) in [6, 6.07) is 0. The molecule has 0 fully saturated rings. The second-order valence-corrected chi connectivity index (χ2v) is 5.11. The van der Waals surface area contributed by atoms with Crippen molar-refractivity contribution in [3.05, 3.63) is 0 Å². The van der Waals surface area contributed by atoms with Gasteiger partial charge in [0.15, 0.2) is 6.73 Å². The van der Waals surface area contributed by atoms with E-state index in [1.807, 2.05) is 0 Å². The number of hydrogen-bond donors (Lipinski definition) is 0. The summed E-state index contributed by atoms with van der Waals surface area (Å²) in [4.78, 5) is 2.51. The first-order chi connectivity index (χ1) is 8.83. The van der Waals surface area contributed by atoms with E-state index in [4.69, 9.17) is 4.74 Å². The lowest BCUT2D eigenvalue weighted by Gasteiger charge is -2.11. The zero-order valence-corrected chi connectivity index (χ0v) is 12.6. The van der Waals surface area contributed by atoms with E-state index < -0.39 is 0 Å². The number of hydrogen-bond acceptors (Lipinski definition) is 2. The minimum atomic E-state index is 0.791. The third-order valence-electron chi connectivity index (χ3n) is 3.64. The van der Waals surface area contributed by atoms with Gasteiger partial charge in [-0.2, -0.15) is 0 Å². The molecule has 0 aliphatic carbocycles. The molecule has 0 aromatic heterocycles. The predicted octanol–water partition coefficient (Wildman–Crippen LogP) is 3.09. The fraction of sp³-hybridized carbons (Fsp3) is 0.933. The molecule has 0 bridgehead atoms. The van der Waals surface area contributed by atoms with Crippen LogP contribution < -0.4 is 0 Å². The molecule has 106 valence electrons. The van der Waals surface area contributed by atoms with Crippen LogP contribution in [-0.2, 0) is 4.74 Å². The van der Waals surface area contributed by atoms with Crippen LogP contribution in [-0.4, -0.2) is 48.3 Å². The number of unbranched alkanes of at least 4 members (excludes halogenated alkanes) is 3. The van der Waals surface area contributed by atoms with E-state index >= 15 is 0 Å². The molecule has 0 spiro atoms. The van der Waals surface area contributed by atoms with Gasteiger partial charge in [0.05, 0.1) is 13.2 Å². The normalized spacial score (nSPS) is 15.8. The maximum absolute atomic E-state index is 5.80. The van der Waals surface area contributed by atoms with Crippen LogP contribution in [0.5, 0.6) is 0 Å². The third kappa shape index (κ3) is 4.97. The molecule has 1 rings (SSSR count). The lowest BCUT2D eigenvalue weighted by atomic mass is 10.2. The van der Waals surface area contributed by atoms with Crippen molar-refractivity contribution in [2.45, 2.75) is 59.3 Å². The van der Waals surface area contributed by atoms with E-state index in [1.54, 1.807) is 0 Å². The molecule has 0 radical (unpaired) electrons. The maximum Gasteiger partial charge on any atom is 0.248 e. The van der Waals surface area contributed by atoms with Crippen molar-refractivity contribution in [2.24, 2.45) is 0 Å². The van der Waals surface area contributed by atoms with Gasteiger partial charge in [-0.05, 0) is 19.8 Å². The van der Waals surface area contributed by atoms with Gasteiger partial charge in [-0.1, -0.05) is 33.1 Å². The first-order valence-electron chi connectivity index (χ1n) is 7.76. The van der Waals surface area contributed by atoms with Gasteiger partial charge in [-0.15, -0.1) is 0 Å². The van der Waals surface area contributed by atoms with Gasteiger partial charge in [-0.25, -0.2) is 4.58 Å². The fourth-order valence-corrected chi connectivity index (χ4v) is 2.46. The molecular weight excluding hydrogens is 224 g/mol. The summed E-state index contributed by atoms with van der Waals surface area (Å²) < 4.78 is 8.24. The average Bonchev–Trinajstić information content (AvgIpc) is 2.78. The summed E-state index contributed by atoms with van der Waals surface area (Å²) in [5.74, 6) is 1.51. The van der Waals surface area contributed by atoms with Gasteiger partial charge >= 0.3 is 0 Å². The SMILES string of the molecule is CCCCCOC[N+]1=C(CCCC)N(CC)CC1. The van der Waals surface area contributed by atoms with Crippen molar-refractivity contribution in [1.82, 2.24) is 4.90 Å². The topological polar surface area (TPSA) is 15.5 Å². The summed E-state index contributed by atoms with van der Waals surface area (Å²) in [6.07, 6.45) is 7.53. The van der Waals surface area contributed by atoms with Crippen LogP contribution in [0.3, 0.4) is 0 Å². The highest BCUT2D eigenvalue weighted by atomic mass is 16.5. The summed E-state index contributed by atoms with van der Waals surface area (Å²) in [5, 5.41) is 0. The van der Waals surface area contributed by atoms with Crippen LogP contribution in [0.1, 0.15) is 59.3 Å². The smallest absolute Gasteiger partial charge is 0.248 e. The van der Waals surface area contributed by atoms with Gasteiger partial charge in [-0.3, -0.25) is 4.90 Å². The van der Waals surface area contributed by atoms with Crippen molar-refractivity contribution in [2.75, 3.05) is 33.0 Å². The van der Waals surface area contributed by atoms with E-state index in [0.717, 1.165) is 26.4 Å². The Morgan fingerprint density at radius 3 is 2.56 bits per heavy atom. The van der Waals surface area contributed by atoms with Gasteiger partial charge in [0.2, 0.25) is 5.84 Å². The Morgan fingerprint density at radius 2 is 1.89 bits per heavy atom. The van der Waals surface area contributed by atoms with Crippen molar-refractivity contribution < 1.29 is 9.31 Å². The first kappa shape index (κ1) is 15.5. The molecule has 0 N–H and O–H groups in total. The second kappa shape index (κ2) is 9.37. The number of amidine groups is 1. The van der Waals surface area contributed by atoms with Crippen LogP contribution in [0.4, 0.5) is 0 Å². The zero-order valence-electron chi connectivity index (χ0n) is 12.6. The summed E-state index contributed by atoms with van der Waals surface area (Å²) >= 11 is 0. The van der Waals surface area contributed by atoms with Crippen LogP contribution >= 0.6 is 0 Å². The average molecular weight is 255 g/mol. The fourth-order valence-electron chi connectivity index (χ4n) is 2.46. The van der Waals surface area contributed by atoms with E-state index in [1.165, 1.54) is 50.9 Å². The predicted molar refractivity (Wildman–Crippen MR) is 77.3 cm³/mol. The molecule has 0 unspecified atom stereocenters. The van der Waals surface area contributed by atoms with Gasteiger partial charge in [0.1, 0.15) is 13.1 Å². The number of nitrogens with zero attached hydrogens (tertiary/aromatic N) is 2. The van der Waals surface area contributed by atoms with E-state index in [-0.39, 0.29) is 0 Å². The molecule has 1 aliphatic heterocycles. The molecule has 0 atom stereocenters. The minimum absolute atomic E-state index is 0.791. The highest BCUT2D eigenvalue weighted by molar-refractivity contribution is 5.78. The number of rotatable bonds is 10. The molecule has 1 heterocycles. The Balaban J connectivity index is 2.37. The number of likely N-dealkylation sites (N-methyl/N-ethyl adjacent to an activating group) is 1. The lowest BCUT2D eigenvalue weighted by Crippen LogP contribution is -2.29. The van der Waals surface area contributed by atoms with Crippen molar-refractivity contribution in [1.29, 1.82) is 0 Å². The molecule has 0 saturated heterocycles. The Bertz CT molecular complexity index is 251. The molecule has 18 heavy (non-hydrogen) atoms. The summed E-state index contributed by atoms with van der Waals surface area (Å²) in [6.45, 7) is 11.9. The summed E-state index contributed by atoms with van der Waals surface area (Å²) in [5.41, 5.74) is 0. The van der Waals surface area contributed by atoms with Crippen LogP contribution in [0.15, 0.2) is 0 Å². The van der Waals surface area contributed by atoms with Crippen molar-refractivity contribution in [3.8, 4) is 0 Å². The quantitative estimate of drug-likeness (QED) is 0.440. The third-order valence-corrected chi connectivity index (χ3v) is 3.64. The van der Waals surface area contributed by atoms with Crippen LogP contribution in [0.2, 0.25) is 0 Å². The van der Waals surface area contributed by atoms with E-state index in [9.17, 15) is 0 Å². The van der Waals surface area contributed by atoms with Gasteiger partial charge < -0.3 is 4.74 Å². The molecule has 0 aromatic carbocycles. The van der Waals surface area contributed by atoms with Crippen molar-refractivity contribution >= 4 is 5.84 Å². The Labute approximate surface area is 113 Å². The monoisotopic (exact) mass is 255 g/mol. The number of ether oxygens (including phenoxy) is 1. The Hall–Kier alpha value is -0.570. The Morgan fingerprint density at radius 1 is 1.11 bits per heavy atom. The molecule has 0 saturated carbocycles. The molecule has 0 amide bonds. The van der Waals surface area contributed by atoms with E-state index in [2.05, 4.69) is 30.2 Å². The minimum Gasteiger partial charge on any atom is -0.342 e. The molecule has 0 aromatic rings. The largest absolute Gasteiger partial charge is 0.342 e. The van der Waals surface area contributed by atoms with Gasteiger partial charge in [0.25, 0.3) is 0 Å². The Kier molecular flexibility index (Phi) is 8.06. The highest BCUT2D eigenvalue weighted by Gasteiger charge is 2.28. The first-order valence-corrected chi connectivity index (χ1v) is 7.76. The second-order valence-electron chi connectivity index (χ2n) is 5.11. The standard InChI is InChI=1S/C15H31N2O/c1-4-7-9-13-18-14-17-12-11-16(6-3)15(17)10-8-5-2/h4-14H2,1-3H3/q+1. The highest BCUT2D eigenvalue weighted by Crippen LogP contribution is 2.08. The van der Waals surface area contributed by atoms with E-state index in [0.29, 0.717) is 0 Å².